The maximum Gasteiger partial charge on any atom is 0.329 e. The van der Waals surface area contributed by atoms with Gasteiger partial charge in [0.15, 0.2) is 0 Å². The molecular formula is C19H28N6O. The highest BCUT2D eigenvalue weighted by Crippen LogP contribution is 2.26. The predicted octanol–water partition coefficient (Wildman–Crippen LogP) is 2.23. The Kier molecular flexibility index (Phi) is 5.90. The third-order valence-electron chi connectivity index (χ3n) is 4.60. The second-order valence-electron chi connectivity index (χ2n) is 7.25. The fourth-order valence-electron chi connectivity index (χ4n) is 3.30. The molecule has 7 nitrogen and oxygen atoms in total. The van der Waals surface area contributed by atoms with Crippen LogP contribution in [0.15, 0.2) is 30.3 Å². The van der Waals surface area contributed by atoms with Crippen molar-refractivity contribution < 1.29 is 4.79 Å². The molecule has 2 heterocycles. The van der Waals surface area contributed by atoms with Crippen LogP contribution >= 0.6 is 0 Å². The highest BCUT2D eigenvalue weighted by Gasteiger charge is 2.25. The lowest BCUT2D eigenvalue weighted by Crippen LogP contribution is -2.49. The summed E-state index contributed by atoms with van der Waals surface area (Å²) in [6.07, 6.45) is 1.69. The molecule has 2 amide bonds. The lowest BCUT2D eigenvalue weighted by molar-refractivity contribution is 0.164. The van der Waals surface area contributed by atoms with Crippen molar-refractivity contribution in [1.82, 2.24) is 25.9 Å². The monoisotopic (exact) mass is 356 g/mol. The summed E-state index contributed by atoms with van der Waals surface area (Å²) < 4.78 is 0. The van der Waals surface area contributed by atoms with E-state index in [9.17, 15) is 4.79 Å². The van der Waals surface area contributed by atoms with Crippen LogP contribution in [0.2, 0.25) is 0 Å². The Morgan fingerprint density at radius 3 is 2.85 bits per heavy atom. The number of amides is 2. The van der Waals surface area contributed by atoms with Crippen LogP contribution < -0.4 is 16.5 Å². The number of H-pyrrole nitrogens is 1. The zero-order chi connectivity index (χ0) is 18.5. The number of nitrogens with two attached hydrogens (primary N) is 1. The number of hydrazine groups is 1. The minimum Gasteiger partial charge on any atom is -0.333 e. The Labute approximate surface area is 154 Å². The van der Waals surface area contributed by atoms with Gasteiger partial charge in [-0.3, -0.25) is 10.5 Å². The summed E-state index contributed by atoms with van der Waals surface area (Å²) in [6.45, 7) is 6.17. The molecule has 0 aliphatic carbocycles. The van der Waals surface area contributed by atoms with E-state index in [2.05, 4.69) is 34.8 Å². The molecule has 0 saturated heterocycles. The van der Waals surface area contributed by atoms with E-state index in [0.717, 1.165) is 41.9 Å². The van der Waals surface area contributed by atoms with Crippen molar-refractivity contribution in [3.8, 4) is 0 Å². The van der Waals surface area contributed by atoms with Crippen molar-refractivity contribution in [1.29, 1.82) is 0 Å². The fraction of sp³-hybridized carbons (Fsp3) is 0.474. The molecule has 7 heteroatoms. The van der Waals surface area contributed by atoms with Gasteiger partial charge in [0.25, 0.3) is 0 Å². The van der Waals surface area contributed by atoms with Gasteiger partial charge < -0.3 is 11.1 Å². The topological polar surface area (TPSA) is 99.1 Å². The molecule has 1 aliphatic heterocycles. The Bertz CT molecular complexity index is 727. The average Bonchev–Trinajstić information content (AvgIpc) is 3.03. The predicted molar refractivity (Wildman–Crippen MR) is 101 cm³/mol. The molecule has 1 unspecified atom stereocenters. The van der Waals surface area contributed by atoms with Crippen LogP contribution in [0.25, 0.3) is 0 Å². The van der Waals surface area contributed by atoms with Crippen LogP contribution in [0.1, 0.15) is 48.8 Å². The normalized spacial score (nSPS) is 15.5. The molecule has 1 aromatic carbocycles. The number of nitrogens with zero attached hydrogens (tertiary/aromatic N) is 2. The molecule has 1 aliphatic rings. The number of aromatic nitrogens is 2. The Morgan fingerprint density at radius 1 is 1.35 bits per heavy atom. The number of urea groups is 1. The summed E-state index contributed by atoms with van der Waals surface area (Å²) in [4.78, 5) is 12.2. The largest absolute Gasteiger partial charge is 0.333 e. The van der Waals surface area contributed by atoms with E-state index in [1.807, 2.05) is 35.3 Å². The number of benzene rings is 1. The standard InChI is InChI=1S/C19H28N6O/c1-13(2)10-16(20)18-15-12-25(9-8-17(15)22-23-18)24-19(26)21-11-14-6-4-3-5-7-14/h3-7,13,16H,8-12,20H2,1-2H3,(H,22,23)(H2,21,24,26). The van der Waals surface area contributed by atoms with E-state index in [-0.39, 0.29) is 12.1 Å². The van der Waals surface area contributed by atoms with E-state index in [1.54, 1.807) is 0 Å². The quantitative estimate of drug-likeness (QED) is 0.638. The third-order valence-corrected chi connectivity index (χ3v) is 4.60. The van der Waals surface area contributed by atoms with E-state index >= 15 is 0 Å². The van der Waals surface area contributed by atoms with Crippen LogP contribution in [0.5, 0.6) is 0 Å². The van der Waals surface area contributed by atoms with Crippen molar-refractivity contribution in [3.05, 3.63) is 52.8 Å². The highest BCUT2D eigenvalue weighted by molar-refractivity contribution is 5.73. The molecule has 3 rings (SSSR count). The third kappa shape index (κ3) is 4.62. The van der Waals surface area contributed by atoms with Crippen LogP contribution in [0.4, 0.5) is 4.79 Å². The number of aromatic amines is 1. The average molecular weight is 356 g/mol. The summed E-state index contributed by atoms with van der Waals surface area (Å²) in [5, 5.41) is 12.3. The molecule has 0 fully saturated rings. The summed E-state index contributed by atoms with van der Waals surface area (Å²) in [7, 11) is 0. The molecule has 0 spiro atoms. The number of carbonyl (C=O) groups is 1. The lowest BCUT2D eigenvalue weighted by atomic mass is 9.97. The molecule has 0 saturated carbocycles. The van der Waals surface area contributed by atoms with Crippen LogP contribution in [0.3, 0.4) is 0 Å². The van der Waals surface area contributed by atoms with Crippen molar-refractivity contribution in [2.45, 2.75) is 45.8 Å². The molecule has 26 heavy (non-hydrogen) atoms. The maximum absolute atomic E-state index is 12.2. The van der Waals surface area contributed by atoms with Gasteiger partial charge in [0.1, 0.15) is 0 Å². The van der Waals surface area contributed by atoms with Crippen LogP contribution in [0, 0.1) is 5.92 Å². The van der Waals surface area contributed by atoms with E-state index < -0.39 is 0 Å². The number of hydrogen-bond acceptors (Lipinski definition) is 4. The number of rotatable bonds is 6. The minimum atomic E-state index is -0.200. The van der Waals surface area contributed by atoms with Gasteiger partial charge in [0.2, 0.25) is 0 Å². The van der Waals surface area contributed by atoms with Gasteiger partial charge in [0, 0.05) is 37.7 Å². The first-order chi connectivity index (χ1) is 12.5. The van der Waals surface area contributed by atoms with Crippen molar-refractivity contribution in [2.24, 2.45) is 11.7 Å². The van der Waals surface area contributed by atoms with Gasteiger partial charge >= 0.3 is 6.03 Å². The van der Waals surface area contributed by atoms with Gasteiger partial charge in [-0.25, -0.2) is 9.80 Å². The molecule has 5 N–H and O–H groups in total. The first-order valence-electron chi connectivity index (χ1n) is 9.18. The number of nitrogens with one attached hydrogen (secondary N) is 3. The Morgan fingerprint density at radius 2 is 2.12 bits per heavy atom. The second-order valence-corrected chi connectivity index (χ2v) is 7.25. The molecular weight excluding hydrogens is 328 g/mol. The summed E-state index contributed by atoms with van der Waals surface area (Å²) in [5.41, 5.74) is 13.5. The molecule has 140 valence electrons. The zero-order valence-electron chi connectivity index (χ0n) is 15.5. The summed E-state index contributed by atoms with van der Waals surface area (Å²) in [6, 6.07) is 9.60. The number of hydrogen-bond donors (Lipinski definition) is 4. The van der Waals surface area contributed by atoms with Gasteiger partial charge in [-0.2, -0.15) is 5.10 Å². The highest BCUT2D eigenvalue weighted by atomic mass is 16.2. The second kappa shape index (κ2) is 8.33. The van der Waals surface area contributed by atoms with Gasteiger partial charge in [0.05, 0.1) is 11.4 Å². The minimum absolute atomic E-state index is 0.0573. The summed E-state index contributed by atoms with van der Waals surface area (Å²) >= 11 is 0. The van der Waals surface area contributed by atoms with E-state index in [0.29, 0.717) is 19.0 Å². The first-order valence-corrected chi connectivity index (χ1v) is 9.18. The zero-order valence-corrected chi connectivity index (χ0v) is 15.5. The van der Waals surface area contributed by atoms with Crippen molar-refractivity contribution >= 4 is 6.03 Å². The van der Waals surface area contributed by atoms with Gasteiger partial charge in [-0.15, -0.1) is 0 Å². The number of fused-ring (bicyclic) bond motifs is 1. The SMILES string of the molecule is CC(C)CC(N)c1[nH]nc2c1CN(NC(=O)NCc1ccccc1)CC2. The van der Waals surface area contributed by atoms with Crippen molar-refractivity contribution in [2.75, 3.05) is 6.54 Å². The molecule has 0 radical (unpaired) electrons. The molecule has 1 aromatic heterocycles. The van der Waals surface area contributed by atoms with E-state index in [1.165, 1.54) is 0 Å². The van der Waals surface area contributed by atoms with Gasteiger partial charge in [-0.05, 0) is 17.9 Å². The fourth-order valence-corrected chi connectivity index (χ4v) is 3.30. The van der Waals surface area contributed by atoms with E-state index in [4.69, 9.17) is 5.73 Å². The molecule has 2 aromatic rings. The smallest absolute Gasteiger partial charge is 0.329 e. The lowest BCUT2D eigenvalue weighted by Gasteiger charge is -2.28. The van der Waals surface area contributed by atoms with Crippen LogP contribution in [-0.4, -0.2) is 27.8 Å². The maximum atomic E-state index is 12.2. The summed E-state index contributed by atoms with van der Waals surface area (Å²) in [5.74, 6) is 0.519. The van der Waals surface area contributed by atoms with Crippen molar-refractivity contribution in [3.63, 3.8) is 0 Å². The number of carbonyl (C=O) groups excluding carboxylic acids is 1. The first kappa shape index (κ1) is 18.4. The Hall–Kier alpha value is -2.38. The Balaban J connectivity index is 1.56. The molecule has 1 atom stereocenters. The van der Waals surface area contributed by atoms with Gasteiger partial charge in [-0.1, -0.05) is 44.2 Å². The van der Waals surface area contributed by atoms with Crippen LogP contribution in [-0.2, 0) is 19.5 Å². The molecule has 0 bridgehead atoms.